The minimum atomic E-state index is -0.222. The van der Waals surface area contributed by atoms with Crippen LogP contribution in [0.15, 0.2) is 18.2 Å². The number of nitrogens with two attached hydrogens (primary N) is 1. The lowest BCUT2D eigenvalue weighted by atomic mass is 9.75. The van der Waals surface area contributed by atoms with E-state index in [0.717, 1.165) is 17.8 Å². The van der Waals surface area contributed by atoms with Gasteiger partial charge in [0.05, 0.1) is 0 Å². The molecule has 1 fully saturated rings. The van der Waals surface area contributed by atoms with E-state index in [4.69, 9.17) is 5.73 Å². The molecule has 20 heavy (non-hydrogen) atoms. The standard InChI is InChI=1S/C16H26FN3/c1-12(18)14-10-13(17)6-7-15(14)20(4)11-16(19(2)3)8-5-9-16/h6-7,10,12H,5,8-9,11,18H2,1-4H3/t12-/m1/s1. The monoisotopic (exact) mass is 279 g/mol. The molecule has 0 spiro atoms. The molecule has 0 aromatic heterocycles. The third-order valence-electron chi connectivity index (χ3n) is 4.66. The van der Waals surface area contributed by atoms with E-state index in [0.29, 0.717) is 0 Å². The first kappa shape index (κ1) is 15.3. The Morgan fingerprint density at radius 2 is 1.95 bits per heavy atom. The fraction of sp³-hybridized carbons (Fsp3) is 0.625. The maximum absolute atomic E-state index is 13.4. The van der Waals surface area contributed by atoms with Gasteiger partial charge in [0, 0.05) is 30.9 Å². The quantitative estimate of drug-likeness (QED) is 0.899. The molecule has 1 aromatic rings. The van der Waals surface area contributed by atoms with Crippen molar-refractivity contribution in [3.63, 3.8) is 0 Å². The van der Waals surface area contributed by atoms with Crippen LogP contribution in [0.2, 0.25) is 0 Å². The summed E-state index contributed by atoms with van der Waals surface area (Å²) >= 11 is 0. The van der Waals surface area contributed by atoms with Crippen LogP contribution in [0.1, 0.15) is 37.8 Å². The van der Waals surface area contributed by atoms with Crippen LogP contribution in [-0.4, -0.2) is 38.1 Å². The largest absolute Gasteiger partial charge is 0.372 e. The lowest BCUT2D eigenvalue weighted by Crippen LogP contribution is -2.56. The molecule has 3 nitrogen and oxygen atoms in total. The van der Waals surface area contributed by atoms with Gasteiger partial charge in [0.15, 0.2) is 0 Å². The molecular formula is C16H26FN3. The topological polar surface area (TPSA) is 32.5 Å². The van der Waals surface area contributed by atoms with Crippen LogP contribution in [0, 0.1) is 5.82 Å². The summed E-state index contributed by atoms with van der Waals surface area (Å²) in [7, 11) is 6.36. The molecule has 4 heteroatoms. The Morgan fingerprint density at radius 3 is 2.40 bits per heavy atom. The Bertz CT molecular complexity index is 467. The second kappa shape index (κ2) is 5.70. The SMILES string of the molecule is C[C@@H](N)c1cc(F)ccc1N(C)CC1(N(C)C)CCC1. The van der Waals surface area contributed by atoms with Crippen molar-refractivity contribution >= 4 is 5.69 Å². The lowest BCUT2D eigenvalue weighted by Gasteiger charge is -2.49. The van der Waals surface area contributed by atoms with Gasteiger partial charge in [-0.3, -0.25) is 0 Å². The minimum absolute atomic E-state index is 0.167. The normalized spacial score (nSPS) is 18.8. The highest BCUT2D eigenvalue weighted by Crippen LogP contribution is 2.38. The zero-order chi connectivity index (χ0) is 14.9. The van der Waals surface area contributed by atoms with Crippen molar-refractivity contribution in [2.75, 3.05) is 32.6 Å². The number of anilines is 1. The maximum Gasteiger partial charge on any atom is 0.123 e. The first-order valence-corrected chi connectivity index (χ1v) is 7.29. The Hall–Kier alpha value is -1.13. The molecule has 1 aliphatic carbocycles. The van der Waals surface area contributed by atoms with E-state index in [9.17, 15) is 4.39 Å². The van der Waals surface area contributed by atoms with Crippen molar-refractivity contribution in [3.8, 4) is 0 Å². The summed E-state index contributed by atoms with van der Waals surface area (Å²) in [5.41, 5.74) is 8.15. The Kier molecular flexibility index (Phi) is 4.35. The van der Waals surface area contributed by atoms with Gasteiger partial charge >= 0.3 is 0 Å². The van der Waals surface area contributed by atoms with Crippen molar-refractivity contribution in [1.29, 1.82) is 0 Å². The van der Waals surface area contributed by atoms with Crippen molar-refractivity contribution in [1.82, 2.24) is 4.90 Å². The molecule has 0 aliphatic heterocycles. The smallest absolute Gasteiger partial charge is 0.123 e. The van der Waals surface area contributed by atoms with Crippen molar-refractivity contribution in [2.24, 2.45) is 5.73 Å². The molecule has 0 bridgehead atoms. The molecular weight excluding hydrogens is 253 g/mol. The molecule has 2 rings (SSSR count). The number of nitrogens with zero attached hydrogens (tertiary/aromatic N) is 2. The molecule has 112 valence electrons. The Labute approximate surface area is 121 Å². The average Bonchev–Trinajstić information content (AvgIpc) is 2.32. The number of halogens is 1. The van der Waals surface area contributed by atoms with Gasteiger partial charge in [-0.15, -0.1) is 0 Å². The summed E-state index contributed by atoms with van der Waals surface area (Å²) in [5.74, 6) is -0.222. The van der Waals surface area contributed by atoms with Crippen LogP contribution in [0.3, 0.4) is 0 Å². The fourth-order valence-electron chi connectivity index (χ4n) is 3.10. The second-order valence-corrected chi connectivity index (χ2v) is 6.32. The molecule has 0 heterocycles. The zero-order valence-corrected chi connectivity index (χ0v) is 13.0. The van der Waals surface area contributed by atoms with Crippen LogP contribution in [0.25, 0.3) is 0 Å². The summed E-state index contributed by atoms with van der Waals surface area (Å²) in [5, 5.41) is 0. The van der Waals surface area contributed by atoms with E-state index in [2.05, 4.69) is 30.9 Å². The number of rotatable bonds is 5. The van der Waals surface area contributed by atoms with Gasteiger partial charge in [-0.1, -0.05) is 0 Å². The van der Waals surface area contributed by atoms with E-state index in [-0.39, 0.29) is 17.4 Å². The first-order valence-electron chi connectivity index (χ1n) is 7.29. The predicted molar refractivity (Wildman–Crippen MR) is 82.5 cm³/mol. The third kappa shape index (κ3) is 2.81. The predicted octanol–water partition coefficient (Wildman–Crippen LogP) is 2.77. The van der Waals surface area contributed by atoms with Crippen molar-refractivity contribution in [3.05, 3.63) is 29.6 Å². The fourth-order valence-corrected chi connectivity index (χ4v) is 3.10. The van der Waals surface area contributed by atoms with E-state index < -0.39 is 0 Å². The third-order valence-corrected chi connectivity index (χ3v) is 4.66. The van der Waals surface area contributed by atoms with Gasteiger partial charge in [-0.25, -0.2) is 4.39 Å². The molecule has 1 aliphatic rings. The van der Waals surface area contributed by atoms with Crippen LogP contribution < -0.4 is 10.6 Å². The number of hydrogen-bond donors (Lipinski definition) is 1. The second-order valence-electron chi connectivity index (χ2n) is 6.32. The minimum Gasteiger partial charge on any atom is -0.372 e. The van der Waals surface area contributed by atoms with Crippen LogP contribution >= 0.6 is 0 Å². The molecule has 0 saturated heterocycles. The van der Waals surface area contributed by atoms with Crippen molar-refractivity contribution < 1.29 is 4.39 Å². The lowest BCUT2D eigenvalue weighted by molar-refractivity contribution is 0.0683. The molecule has 0 unspecified atom stereocenters. The summed E-state index contributed by atoms with van der Waals surface area (Å²) < 4.78 is 13.4. The number of hydrogen-bond acceptors (Lipinski definition) is 3. The van der Waals surface area contributed by atoms with E-state index >= 15 is 0 Å². The van der Waals surface area contributed by atoms with Gasteiger partial charge in [0.1, 0.15) is 5.82 Å². The van der Waals surface area contributed by atoms with E-state index in [1.807, 2.05) is 13.0 Å². The van der Waals surface area contributed by atoms with Gasteiger partial charge in [-0.05, 0) is 64.0 Å². The van der Waals surface area contributed by atoms with E-state index in [1.54, 1.807) is 6.07 Å². The summed E-state index contributed by atoms with van der Waals surface area (Å²) in [6.45, 7) is 2.85. The highest BCUT2D eigenvalue weighted by Gasteiger charge is 2.40. The Morgan fingerprint density at radius 1 is 1.30 bits per heavy atom. The molecule has 0 amide bonds. The average molecular weight is 279 g/mol. The molecule has 1 atom stereocenters. The van der Waals surface area contributed by atoms with Crippen LogP contribution in [0.5, 0.6) is 0 Å². The van der Waals surface area contributed by atoms with Crippen molar-refractivity contribution in [2.45, 2.75) is 37.8 Å². The van der Waals surface area contributed by atoms with Gasteiger partial charge in [0.2, 0.25) is 0 Å². The highest BCUT2D eigenvalue weighted by molar-refractivity contribution is 5.55. The highest BCUT2D eigenvalue weighted by atomic mass is 19.1. The molecule has 1 aromatic carbocycles. The number of likely N-dealkylation sites (N-methyl/N-ethyl adjacent to an activating group) is 2. The molecule has 1 saturated carbocycles. The Balaban J connectivity index is 2.23. The maximum atomic E-state index is 13.4. The summed E-state index contributed by atoms with van der Waals surface area (Å²) in [6, 6.07) is 4.75. The van der Waals surface area contributed by atoms with E-state index in [1.165, 1.54) is 25.3 Å². The van der Waals surface area contributed by atoms with Crippen LogP contribution in [-0.2, 0) is 0 Å². The molecule has 2 N–H and O–H groups in total. The van der Waals surface area contributed by atoms with Gasteiger partial charge < -0.3 is 15.5 Å². The zero-order valence-electron chi connectivity index (χ0n) is 13.0. The summed E-state index contributed by atoms with van der Waals surface area (Å²) in [6.07, 6.45) is 3.73. The van der Waals surface area contributed by atoms with Gasteiger partial charge in [0.25, 0.3) is 0 Å². The summed E-state index contributed by atoms with van der Waals surface area (Å²) in [4.78, 5) is 4.54. The number of benzene rings is 1. The van der Waals surface area contributed by atoms with Gasteiger partial charge in [-0.2, -0.15) is 0 Å². The molecule has 0 radical (unpaired) electrons. The first-order chi connectivity index (χ1) is 9.35. The van der Waals surface area contributed by atoms with Crippen LogP contribution in [0.4, 0.5) is 10.1 Å².